The van der Waals surface area contributed by atoms with Crippen LogP contribution in [0.2, 0.25) is 0 Å². The van der Waals surface area contributed by atoms with Gasteiger partial charge in [-0.25, -0.2) is 0 Å². The summed E-state index contributed by atoms with van der Waals surface area (Å²) in [6.45, 7) is 1.71. The molecule has 0 spiro atoms. The fraction of sp³-hybridized carbons (Fsp3) is 0.200. The molecule has 3 nitrogen and oxygen atoms in total. The lowest BCUT2D eigenvalue weighted by Crippen LogP contribution is -1.90. The van der Waals surface area contributed by atoms with Crippen LogP contribution in [-0.4, -0.2) is 5.11 Å². The van der Waals surface area contributed by atoms with E-state index in [4.69, 9.17) is 10.5 Å². The van der Waals surface area contributed by atoms with Crippen molar-refractivity contribution in [1.82, 2.24) is 0 Å². The molecule has 0 amide bonds. The zero-order valence-corrected chi connectivity index (χ0v) is 7.20. The number of rotatable bonds is 1. The predicted octanol–water partition coefficient (Wildman–Crippen LogP) is 1.64. The number of hydrogen-bond acceptors (Lipinski definition) is 3. The van der Waals surface area contributed by atoms with E-state index in [1.807, 2.05) is 12.1 Å². The maximum atomic E-state index is 9.47. The standard InChI is InChI=1S/C10H8N2O/c1-7-2-3-8(4-5-11)9(6-12)10(7)13/h2-3,13H,4H2,1H3. The fourth-order valence-electron chi connectivity index (χ4n) is 1.09. The lowest BCUT2D eigenvalue weighted by molar-refractivity contribution is 0.468. The second kappa shape index (κ2) is 3.60. The molecule has 3 heteroatoms. The molecule has 1 aromatic rings. The van der Waals surface area contributed by atoms with E-state index in [0.717, 1.165) is 0 Å². The minimum Gasteiger partial charge on any atom is -0.506 e. The third-order valence-corrected chi connectivity index (χ3v) is 1.85. The summed E-state index contributed by atoms with van der Waals surface area (Å²) >= 11 is 0. The number of aromatic hydroxyl groups is 1. The second-order valence-electron chi connectivity index (χ2n) is 2.71. The van der Waals surface area contributed by atoms with Gasteiger partial charge in [-0.3, -0.25) is 0 Å². The SMILES string of the molecule is Cc1ccc(CC#N)c(C#N)c1O. The number of aryl methyl sites for hydroxylation is 1. The van der Waals surface area contributed by atoms with Crippen LogP contribution in [-0.2, 0) is 6.42 Å². The van der Waals surface area contributed by atoms with Gasteiger partial charge in [0.15, 0.2) is 0 Å². The molecule has 0 unspecified atom stereocenters. The maximum absolute atomic E-state index is 9.47. The molecule has 0 aliphatic carbocycles. The van der Waals surface area contributed by atoms with Crippen LogP contribution in [0.25, 0.3) is 0 Å². The Kier molecular flexibility index (Phi) is 2.52. The summed E-state index contributed by atoms with van der Waals surface area (Å²) in [5.74, 6) is -0.0183. The van der Waals surface area contributed by atoms with Crippen LogP contribution in [0.15, 0.2) is 12.1 Å². The van der Waals surface area contributed by atoms with E-state index in [1.54, 1.807) is 19.1 Å². The molecule has 0 saturated heterocycles. The van der Waals surface area contributed by atoms with Gasteiger partial charge >= 0.3 is 0 Å². The third-order valence-electron chi connectivity index (χ3n) is 1.85. The van der Waals surface area contributed by atoms with Gasteiger partial charge in [0.2, 0.25) is 0 Å². The van der Waals surface area contributed by atoms with Gasteiger partial charge in [-0.15, -0.1) is 0 Å². The van der Waals surface area contributed by atoms with E-state index in [9.17, 15) is 5.11 Å². The molecule has 0 aromatic heterocycles. The van der Waals surface area contributed by atoms with Crippen molar-refractivity contribution in [1.29, 1.82) is 10.5 Å². The van der Waals surface area contributed by atoms with Crippen molar-refractivity contribution >= 4 is 0 Å². The number of nitriles is 2. The van der Waals surface area contributed by atoms with Crippen LogP contribution in [0.4, 0.5) is 0 Å². The zero-order chi connectivity index (χ0) is 9.84. The molecule has 64 valence electrons. The first kappa shape index (κ1) is 9.09. The van der Waals surface area contributed by atoms with E-state index < -0.39 is 0 Å². The van der Waals surface area contributed by atoms with Crippen molar-refractivity contribution in [3.63, 3.8) is 0 Å². The van der Waals surface area contributed by atoms with Crippen LogP contribution in [0.5, 0.6) is 5.75 Å². The normalized spacial score (nSPS) is 8.85. The van der Waals surface area contributed by atoms with Crippen LogP contribution in [0.3, 0.4) is 0 Å². The lowest BCUT2D eigenvalue weighted by Gasteiger charge is -2.04. The molecule has 0 fully saturated rings. The highest BCUT2D eigenvalue weighted by atomic mass is 16.3. The highest BCUT2D eigenvalue weighted by Crippen LogP contribution is 2.24. The smallest absolute Gasteiger partial charge is 0.136 e. The summed E-state index contributed by atoms with van der Waals surface area (Å²) in [4.78, 5) is 0. The highest BCUT2D eigenvalue weighted by Gasteiger charge is 2.08. The lowest BCUT2D eigenvalue weighted by atomic mass is 10.0. The summed E-state index contributed by atoms with van der Waals surface area (Å²) < 4.78 is 0. The minimum atomic E-state index is -0.0183. The van der Waals surface area contributed by atoms with Crippen molar-refractivity contribution in [2.24, 2.45) is 0 Å². The Bertz CT molecular complexity index is 410. The fourth-order valence-corrected chi connectivity index (χ4v) is 1.09. The molecular formula is C10H8N2O. The van der Waals surface area contributed by atoms with Gasteiger partial charge in [0.25, 0.3) is 0 Å². The monoisotopic (exact) mass is 172 g/mol. The second-order valence-corrected chi connectivity index (χ2v) is 2.71. The average molecular weight is 172 g/mol. The number of benzene rings is 1. The van der Waals surface area contributed by atoms with E-state index in [2.05, 4.69) is 0 Å². The van der Waals surface area contributed by atoms with Crippen molar-refractivity contribution < 1.29 is 5.11 Å². The van der Waals surface area contributed by atoms with Crippen LogP contribution < -0.4 is 0 Å². The molecule has 1 rings (SSSR count). The Hall–Kier alpha value is -2.00. The van der Waals surface area contributed by atoms with Gasteiger partial charge in [0.1, 0.15) is 11.8 Å². The number of phenols is 1. The summed E-state index contributed by atoms with van der Waals surface area (Å²) in [6.07, 6.45) is 0.150. The van der Waals surface area contributed by atoms with Gasteiger partial charge < -0.3 is 5.11 Å². The van der Waals surface area contributed by atoms with E-state index in [-0.39, 0.29) is 17.7 Å². The molecule has 0 saturated carbocycles. The first-order valence-electron chi connectivity index (χ1n) is 3.79. The molecular weight excluding hydrogens is 164 g/mol. The highest BCUT2D eigenvalue weighted by molar-refractivity contribution is 5.52. The Balaban J connectivity index is 3.34. The van der Waals surface area contributed by atoms with E-state index in [0.29, 0.717) is 11.1 Å². The molecule has 13 heavy (non-hydrogen) atoms. The largest absolute Gasteiger partial charge is 0.506 e. The van der Waals surface area contributed by atoms with Crippen LogP contribution >= 0.6 is 0 Å². The van der Waals surface area contributed by atoms with Crippen LogP contribution in [0.1, 0.15) is 16.7 Å². The molecule has 1 aromatic carbocycles. The van der Waals surface area contributed by atoms with Gasteiger partial charge in [-0.1, -0.05) is 12.1 Å². The van der Waals surface area contributed by atoms with Gasteiger partial charge in [0, 0.05) is 0 Å². The first-order chi connectivity index (χ1) is 6.20. The van der Waals surface area contributed by atoms with Crippen molar-refractivity contribution in [2.75, 3.05) is 0 Å². The minimum absolute atomic E-state index is 0.0183. The quantitative estimate of drug-likeness (QED) is 0.700. The molecule has 0 aliphatic rings. The molecule has 1 N–H and O–H groups in total. The third kappa shape index (κ3) is 1.60. The van der Waals surface area contributed by atoms with Crippen LogP contribution in [0, 0.1) is 29.6 Å². The Labute approximate surface area is 76.5 Å². The Morgan fingerprint density at radius 2 is 2.08 bits per heavy atom. The number of nitrogens with zero attached hydrogens (tertiary/aromatic N) is 2. The molecule has 0 aliphatic heterocycles. The van der Waals surface area contributed by atoms with Gasteiger partial charge in [-0.05, 0) is 18.1 Å². The van der Waals surface area contributed by atoms with Gasteiger partial charge in [0.05, 0.1) is 18.1 Å². The predicted molar refractivity (Wildman–Crippen MR) is 46.9 cm³/mol. The molecule has 0 heterocycles. The summed E-state index contributed by atoms with van der Waals surface area (Å²) in [5.41, 5.74) is 1.44. The Morgan fingerprint density at radius 1 is 1.38 bits per heavy atom. The summed E-state index contributed by atoms with van der Waals surface area (Å²) in [5, 5.41) is 26.7. The molecule has 0 bridgehead atoms. The number of hydrogen-bond donors (Lipinski definition) is 1. The topological polar surface area (TPSA) is 67.8 Å². The molecule has 0 atom stereocenters. The first-order valence-corrected chi connectivity index (χ1v) is 3.79. The van der Waals surface area contributed by atoms with Gasteiger partial charge in [-0.2, -0.15) is 10.5 Å². The summed E-state index contributed by atoms with van der Waals surface area (Å²) in [7, 11) is 0. The molecule has 0 radical (unpaired) electrons. The maximum Gasteiger partial charge on any atom is 0.136 e. The van der Waals surface area contributed by atoms with Crippen molar-refractivity contribution in [3.05, 3.63) is 28.8 Å². The van der Waals surface area contributed by atoms with Crippen molar-refractivity contribution in [3.8, 4) is 17.9 Å². The summed E-state index contributed by atoms with van der Waals surface area (Å²) in [6, 6.07) is 7.22. The number of phenolic OH excluding ortho intramolecular Hbond substituents is 1. The van der Waals surface area contributed by atoms with E-state index in [1.165, 1.54) is 0 Å². The average Bonchev–Trinajstić information content (AvgIpc) is 2.12. The van der Waals surface area contributed by atoms with Crippen molar-refractivity contribution in [2.45, 2.75) is 13.3 Å². The zero-order valence-electron chi connectivity index (χ0n) is 7.20. The van der Waals surface area contributed by atoms with E-state index >= 15 is 0 Å². The Morgan fingerprint density at radius 3 is 2.62 bits per heavy atom.